The molecule has 24 heavy (non-hydrogen) atoms. The maximum absolute atomic E-state index is 12.3. The van der Waals surface area contributed by atoms with Crippen LogP contribution in [0.2, 0.25) is 0 Å². The van der Waals surface area contributed by atoms with Crippen LogP contribution in [0.3, 0.4) is 0 Å². The molecule has 0 bridgehead atoms. The van der Waals surface area contributed by atoms with Gasteiger partial charge in [-0.25, -0.2) is 19.5 Å². The lowest BCUT2D eigenvalue weighted by molar-refractivity contribution is -0.165. The maximum atomic E-state index is 12.3. The number of pyridine rings is 1. The van der Waals surface area contributed by atoms with Crippen molar-refractivity contribution in [2.75, 3.05) is 5.73 Å². The van der Waals surface area contributed by atoms with Crippen LogP contribution in [-0.4, -0.2) is 45.0 Å². The number of nitrogens with one attached hydrogen (secondary N) is 1. The van der Waals surface area contributed by atoms with Crippen molar-refractivity contribution < 1.29 is 19.5 Å². The molecule has 0 aromatic carbocycles. The van der Waals surface area contributed by atoms with Crippen molar-refractivity contribution >= 4 is 23.7 Å². The first kappa shape index (κ1) is 17.7. The highest BCUT2D eigenvalue weighted by Gasteiger charge is 2.54. The molecule has 1 fully saturated rings. The summed E-state index contributed by atoms with van der Waals surface area (Å²) in [6.45, 7) is 5.65. The number of nitrogens with two attached hydrogens (primary N) is 1. The minimum absolute atomic E-state index is 0.168. The molecule has 2 rings (SSSR count). The summed E-state index contributed by atoms with van der Waals surface area (Å²) in [5, 5.41) is 12.1. The number of amides is 3. The van der Waals surface area contributed by atoms with E-state index in [0.29, 0.717) is 11.4 Å². The van der Waals surface area contributed by atoms with Crippen molar-refractivity contribution in [2.45, 2.75) is 39.3 Å². The second-order valence-electron chi connectivity index (χ2n) is 6.37. The number of nitrogens with zero attached hydrogens (tertiary/aromatic N) is 2. The van der Waals surface area contributed by atoms with E-state index in [1.165, 1.54) is 6.20 Å². The third-order valence-electron chi connectivity index (χ3n) is 4.34. The number of nitrogen functional groups attached to an aromatic ring is 1. The van der Waals surface area contributed by atoms with Gasteiger partial charge in [-0.05, 0) is 37.0 Å². The topological polar surface area (TPSA) is 126 Å². The first-order valence-electron chi connectivity index (χ1n) is 7.79. The van der Waals surface area contributed by atoms with Crippen molar-refractivity contribution in [1.29, 1.82) is 0 Å². The molecule has 0 radical (unpaired) electrons. The zero-order chi connectivity index (χ0) is 18.0. The highest BCUT2D eigenvalue weighted by Crippen LogP contribution is 2.30. The lowest BCUT2D eigenvalue weighted by atomic mass is 9.82. The van der Waals surface area contributed by atoms with Crippen LogP contribution in [0, 0.1) is 11.8 Å². The fraction of sp³-hybridized carbons (Fsp3) is 0.500. The Bertz CT molecular complexity index is 661. The minimum Gasteiger partial charge on any atom is -0.480 e. The van der Waals surface area contributed by atoms with E-state index in [-0.39, 0.29) is 18.4 Å². The quantitative estimate of drug-likeness (QED) is 0.686. The van der Waals surface area contributed by atoms with Gasteiger partial charge in [-0.1, -0.05) is 13.8 Å². The van der Waals surface area contributed by atoms with Gasteiger partial charge in [0.25, 0.3) is 0 Å². The van der Waals surface area contributed by atoms with Gasteiger partial charge in [0.2, 0.25) is 5.91 Å². The molecule has 1 aromatic heterocycles. The molecule has 1 aliphatic heterocycles. The van der Waals surface area contributed by atoms with Gasteiger partial charge in [0.15, 0.2) is 6.04 Å². The van der Waals surface area contributed by atoms with Crippen LogP contribution in [0.5, 0.6) is 0 Å². The van der Waals surface area contributed by atoms with Crippen LogP contribution in [0.15, 0.2) is 18.3 Å². The Morgan fingerprint density at radius 1 is 1.42 bits per heavy atom. The van der Waals surface area contributed by atoms with Gasteiger partial charge in [-0.15, -0.1) is 0 Å². The van der Waals surface area contributed by atoms with E-state index < -0.39 is 29.9 Å². The molecule has 8 heteroatoms. The van der Waals surface area contributed by atoms with Gasteiger partial charge in [0.05, 0.1) is 5.92 Å². The van der Waals surface area contributed by atoms with Gasteiger partial charge in [0.1, 0.15) is 5.82 Å². The fourth-order valence-corrected chi connectivity index (χ4v) is 2.56. The van der Waals surface area contributed by atoms with Crippen LogP contribution in [0.25, 0.3) is 0 Å². The van der Waals surface area contributed by atoms with Gasteiger partial charge in [0, 0.05) is 12.2 Å². The van der Waals surface area contributed by atoms with Crippen molar-refractivity contribution in [1.82, 2.24) is 15.2 Å². The number of hydrogen-bond acceptors (Lipinski definition) is 5. The lowest BCUT2D eigenvalue weighted by Crippen LogP contribution is -2.69. The number of urea groups is 1. The Hall–Kier alpha value is -2.64. The standard InChI is InChI=1S/C16H22N4O4/c1-8(2)9(3)19-16(24)20-13(15(22)23)11(14(20)21)6-10-4-5-18-12(17)7-10/h4-5,7-9,11,13H,6H2,1-3H3,(H2,17,18)(H,19,24)(H,22,23). The number of aromatic nitrogens is 1. The first-order chi connectivity index (χ1) is 11.2. The molecule has 3 unspecified atom stereocenters. The number of likely N-dealkylation sites (tertiary alicyclic amines) is 1. The third-order valence-corrected chi connectivity index (χ3v) is 4.34. The zero-order valence-corrected chi connectivity index (χ0v) is 13.9. The predicted octanol–water partition coefficient (Wildman–Crippen LogP) is 0.872. The third kappa shape index (κ3) is 3.47. The summed E-state index contributed by atoms with van der Waals surface area (Å²) in [5.74, 6) is -2.01. The second-order valence-corrected chi connectivity index (χ2v) is 6.37. The first-order valence-corrected chi connectivity index (χ1v) is 7.79. The molecule has 0 saturated carbocycles. The number of carbonyl (C=O) groups is 3. The van der Waals surface area contributed by atoms with Crippen LogP contribution in [0.1, 0.15) is 26.3 Å². The summed E-state index contributed by atoms with van der Waals surface area (Å²) in [5.41, 5.74) is 6.31. The van der Waals surface area contributed by atoms with Crippen molar-refractivity contribution in [3.63, 3.8) is 0 Å². The number of carbonyl (C=O) groups excluding carboxylic acids is 2. The molecule has 1 aromatic rings. The Morgan fingerprint density at radius 3 is 2.62 bits per heavy atom. The normalized spacial score (nSPS) is 21.3. The van der Waals surface area contributed by atoms with Gasteiger partial charge >= 0.3 is 12.0 Å². The largest absolute Gasteiger partial charge is 0.480 e. The number of anilines is 1. The molecule has 3 amide bonds. The molecule has 130 valence electrons. The number of hydrogen-bond donors (Lipinski definition) is 3. The van der Waals surface area contributed by atoms with E-state index in [0.717, 1.165) is 4.90 Å². The SMILES string of the molecule is CC(C)C(C)NC(=O)N1C(=O)C(Cc2ccnc(N)c2)C1C(=O)O. The van der Waals surface area contributed by atoms with Gasteiger partial charge in [-0.2, -0.15) is 0 Å². The number of imide groups is 1. The van der Waals surface area contributed by atoms with E-state index in [1.807, 2.05) is 13.8 Å². The molecular formula is C16H22N4O4. The highest BCUT2D eigenvalue weighted by atomic mass is 16.4. The van der Waals surface area contributed by atoms with E-state index in [2.05, 4.69) is 10.3 Å². The van der Waals surface area contributed by atoms with Crippen LogP contribution in [-0.2, 0) is 16.0 Å². The van der Waals surface area contributed by atoms with Gasteiger partial charge in [-0.3, -0.25) is 4.79 Å². The highest BCUT2D eigenvalue weighted by molar-refractivity contribution is 6.07. The zero-order valence-electron chi connectivity index (χ0n) is 13.9. The molecule has 3 atom stereocenters. The monoisotopic (exact) mass is 334 g/mol. The molecule has 2 heterocycles. The summed E-state index contributed by atoms with van der Waals surface area (Å²) in [7, 11) is 0. The average Bonchev–Trinajstić information content (AvgIpc) is 2.49. The molecule has 0 spiro atoms. The van der Waals surface area contributed by atoms with Gasteiger partial charge < -0.3 is 16.2 Å². The molecule has 0 aliphatic carbocycles. The van der Waals surface area contributed by atoms with E-state index >= 15 is 0 Å². The Kier molecular flexibility index (Phi) is 5.06. The van der Waals surface area contributed by atoms with E-state index in [1.54, 1.807) is 19.1 Å². The number of aliphatic carboxylic acids is 1. The number of carboxylic acids is 1. The fourth-order valence-electron chi connectivity index (χ4n) is 2.56. The summed E-state index contributed by atoms with van der Waals surface area (Å²) >= 11 is 0. The lowest BCUT2D eigenvalue weighted by Gasteiger charge is -2.43. The molecule has 4 N–H and O–H groups in total. The Labute approximate surface area is 140 Å². The number of β-lactam (4-membered cyclic amide) rings is 1. The Balaban J connectivity index is 2.12. The summed E-state index contributed by atoms with van der Waals surface area (Å²) in [4.78, 5) is 40.7. The molecule has 1 aliphatic rings. The van der Waals surface area contributed by atoms with Crippen LogP contribution in [0.4, 0.5) is 10.6 Å². The smallest absolute Gasteiger partial charge is 0.327 e. The van der Waals surface area contributed by atoms with Crippen molar-refractivity contribution in [3.8, 4) is 0 Å². The Morgan fingerprint density at radius 2 is 2.08 bits per heavy atom. The van der Waals surface area contributed by atoms with Crippen LogP contribution >= 0.6 is 0 Å². The maximum Gasteiger partial charge on any atom is 0.327 e. The van der Waals surface area contributed by atoms with Crippen molar-refractivity contribution in [2.24, 2.45) is 11.8 Å². The van der Waals surface area contributed by atoms with E-state index in [9.17, 15) is 19.5 Å². The van der Waals surface area contributed by atoms with E-state index in [4.69, 9.17) is 5.73 Å². The predicted molar refractivity (Wildman–Crippen MR) is 86.9 cm³/mol. The second kappa shape index (κ2) is 6.86. The van der Waals surface area contributed by atoms with Crippen molar-refractivity contribution in [3.05, 3.63) is 23.9 Å². The minimum atomic E-state index is -1.20. The molecule has 8 nitrogen and oxygen atoms in total. The average molecular weight is 334 g/mol. The summed E-state index contributed by atoms with van der Waals surface area (Å²) in [6, 6.07) is 1.26. The number of rotatable bonds is 5. The summed E-state index contributed by atoms with van der Waals surface area (Å²) < 4.78 is 0. The molecule has 1 saturated heterocycles. The summed E-state index contributed by atoms with van der Waals surface area (Å²) in [6.07, 6.45) is 1.70. The van der Waals surface area contributed by atoms with Crippen LogP contribution < -0.4 is 11.1 Å². The number of carboxylic acid groups (broad SMARTS) is 1. The molecular weight excluding hydrogens is 312 g/mol.